The molecule has 0 spiro atoms. The van der Waals surface area contributed by atoms with Gasteiger partial charge in [-0.05, 0) is 18.2 Å². The Hall–Kier alpha value is -1.91. The Kier molecular flexibility index (Phi) is 2.94. The number of thiazole rings is 1. The van der Waals surface area contributed by atoms with E-state index in [4.69, 9.17) is 15.5 Å². The molecular formula is C17H16N2OS. The summed E-state index contributed by atoms with van der Waals surface area (Å²) in [6.07, 6.45) is 1.58. The monoisotopic (exact) mass is 296 g/mol. The first-order valence-electron chi connectivity index (χ1n) is 7.10. The van der Waals surface area contributed by atoms with Crippen molar-refractivity contribution in [3.05, 3.63) is 59.1 Å². The second kappa shape index (κ2) is 4.83. The second-order valence-corrected chi connectivity index (χ2v) is 6.62. The molecule has 2 heterocycles. The fraction of sp³-hybridized carbons (Fsp3) is 0.235. The van der Waals surface area contributed by atoms with E-state index in [1.54, 1.807) is 11.3 Å². The molecule has 0 saturated heterocycles. The summed E-state index contributed by atoms with van der Waals surface area (Å²) in [5, 5.41) is 1.09. The van der Waals surface area contributed by atoms with Crippen LogP contribution < -0.4 is 10.5 Å². The Morgan fingerprint density at radius 3 is 2.86 bits per heavy atom. The van der Waals surface area contributed by atoms with Gasteiger partial charge >= 0.3 is 0 Å². The largest absolute Gasteiger partial charge is 0.493 e. The Bertz CT molecular complexity index is 765. The number of ether oxygens (including phenoxy) is 1. The van der Waals surface area contributed by atoms with E-state index in [1.807, 2.05) is 30.3 Å². The van der Waals surface area contributed by atoms with Gasteiger partial charge < -0.3 is 10.5 Å². The van der Waals surface area contributed by atoms with E-state index in [9.17, 15) is 0 Å². The molecule has 4 heteroatoms. The molecule has 2 aromatic carbocycles. The molecule has 3 nitrogen and oxygen atoms in total. The highest BCUT2D eigenvalue weighted by molar-refractivity contribution is 7.18. The van der Waals surface area contributed by atoms with Crippen molar-refractivity contribution in [2.45, 2.75) is 18.4 Å². The van der Waals surface area contributed by atoms with E-state index in [2.05, 4.69) is 18.2 Å². The average Bonchev–Trinajstić information content (AvgIpc) is 2.89. The van der Waals surface area contributed by atoms with E-state index >= 15 is 0 Å². The topological polar surface area (TPSA) is 48.1 Å². The second-order valence-electron chi connectivity index (χ2n) is 5.50. The molecule has 0 radical (unpaired) electrons. The van der Waals surface area contributed by atoms with E-state index in [0.29, 0.717) is 6.61 Å². The summed E-state index contributed by atoms with van der Waals surface area (Å²) in [7, 11) is 0. The van der Waals surface area contributed by atoms with Crippen molar-refractivity contribution in [1.29, 1.82) is 0 Å². The van der Waals surface area contributed by atoms with Crippen LogP contribution >= 0.6 is 11.3 Å². The van der Waals surface area contributed by atoms with E-state index < -0.39 is 0 Å². The Morgan fingerprint density at radius 1 is 1.14 bits per heavy atom. The minimum Gasteiger partial charge on any atom is -0.493 e. The van der Waals surface area contributed by atoms with Crippen molar-refractivity contribution in [2.75, 3.05) is 6.61 Å². The Morgan fingerprint density at radius 2 is 1.95 bits per heavy atom. The summed E-state index contributed by atoms with van der Waals surface area (Å²) in [4.78, 5) is 4.72. The zero-order valence-corrected chi connectivity index (χ0v) is 12.4. The van der Waals surface area contributed by atoms with E-state index in [-0.39, 0.29) is 5.54 Å². The van der Waals surface area contributed by atoms with Crippen LogP contribution in [0.3, 0.4) is 0 Å². The fourth-order valence-corrected chi connectivity index (χ4v) is 4.02. The maximum absolute atomic E-state index is 6.71. The molecule has 0 fully saturated rings. The first kappa shape index (κ1) is 12.8. The normalized spacial score (nSPS) is 21.0. The van der Waals surface area contributed by atoms with Gasteiger partial charge in [0.05, 0.1) is 27.4 Å². The van der Waals surface area contributed by atoms with E-state index in [0.717, 1.165) is 34.7 Å². The molecule has 1 aromatic heterocycles. The zero-order valence-electron chi connectivity index (χ0n) is 11.6. The molecule has 1 unspecified atom stereocenters. The molecule has 0 aliphatic carbocycles. The van der Waals surface area contributed by atoms with Gasteiger partial charge in [0.2, 0.25) is 0 Å². The number of para-hydroxylation sites is 2. The molecule has 0 bridgehead atoms. The van der Waals surface area contributed by atoms with Gasteiger partial charge in [-0.3, -0.25) is 0 Å². The van der Waals surface area contributed by atoms with Crippen molar-refractivity contribution in [3.63, 3.8) is 0 Å². The van der Waals surface area contributed by atoms with Gasteiger partial charge in [0.25, 0.3) is 0 Å². The molecule has 2 N–H and O–H groups in total. The van der Waals surface area contributed by atoms with Crippen LogP contribution in [0.5, 0.6) is 5.75 Å². The quantitative estimate of drug-likeness (QED) is 0.787. The van der Waals surface area contributed by atoms with E-state index in [1.165, 1.54) is 4.70 Å². The van der Waals surface area contributed by atoms with Gasteiger partial charge in [-0.15, -0.1) is 11.3 Å². The van der Waals surface area contributed by atoms with Crippen LogP contribution in [0.15, 0.2) is 48.5 Å². The molecule has 0 saturated carbocycles. The van der Waals surface area contributed by atoms with Crippen LogP contribution in [0.1, 0.15) is 17.0 Å². The lowest BCUT2D eigenvalue weighted by molar-refractivity contribution is 0.215. The van der Waals surface area contributed by atoms with Gasteiger partial charge in [0.1, 0.15) is 5.75 Å². The molecule has 1 atom stereocenters. The minimum atomic E-state index is -0.386. The predicted octanol–water partition coefficient (Wildman–Crippen LogP) is 3.48. The maximum Gasteiger partial charge on any atom is 0.124 e. The van der Waals surface area contributed by atoms with Gasteiger partial charge in [-0.2, -0.15) is 0 Å². The number of nitrogens with zero attached hydrogens (tertiary/aromatic N) is 1. The minimum absolute atomic E-state index is 0.386. The van der Waals surface area contributed by atoms with Gasteiger partial charge in [0.15, 0.2) is 0 Å². The van der Waals surface area contributed by atoms with Crippen molar-refractivity contribution in [3.8, 4) is 5.75 Å². The number of benzene rings is 2. The third-order valence-corrected chi connectivity index (χ3v) is 5.07. The summed E-state index contributed by atoms with van der Waals surface area (Å²) >= 11 is 1.73. The number of nitrogens with two attached hydrogens (primary N) is 1. The molecule has 4 rings (SSSR count). The molecule has 3 aromatic rings. The highest BCUT2D eigenvalue weighted by atomic mass is 32.1. The number of aromatic nitrogens is 1. The molecule has 1 aliphatic heterocycles. The zero-order chi connectivity index (χ0) is 14.3. The average molecular weight is 296 g/mol. The number of hydrogen-bond acceptors (Lipinski definition) is 4. The maximum atomic E-state index is 6.71. The predicted molar refractivity (Wildman–Crippen MR) is 85.7 cm³/mol. The molecule has 1 aliphatic rings. The summed E-state index contributed by atoms with van der Waals surface area (Å²) in [5.41, 5.74) is 8.47. The summed E-state index contributed by atoms with van der Waals surface area (Å²) in [6, 6.07) is 16.3. The Balaban J connectivity index is 1.73. The smallest absolute Gasteiger partial charge is 0.124 e. The number of rotatable bonds is 2. The van der Waals surface area contributed by atoms with Crippen LogP contribution in [-0.4, -0.2) is 11.6 Å². The van der Waals surface area contributed by atoms with Crippen molar-refractivity contribution in [2.24, 2.45) is 5.73 Å². The highest BCUT2D eigenvalue weighted by Crippen LogP contribution is 2.38. The molecule has 0 amide bonds. The molecule has 106 valence electrons. The Labute approximate surface area is 127 Å². The third-order valence-electron chi connectivity index (χ3n) is 4.03. The molecular weight excluding hydrogens is 280 g/mol. The summed E-state index contributed by atoms with van der Waals surface area (Å²) < 4.78 is 6.94. The van der Waals surface area contributed by atoms with Crippen molar-refractivity contribution in [1.82, 2.24) is 4.98 Å². The SMILES string of the molecule is NC1(Cc2nc3ccccc3s2)CCOc2ccccc21. The van der Waals surface area contributed by atoms with Crippen molar-refractivity contribution >= 4 is 21.6 Å². The lowest BCUT2D eigenvalue weighted by Crippen LogP contribution is -2.43. The van der Waals surface area contributed by atoms with Gasteiger partial charge in [-0.25, -0.2) is 4.98 Å². The summed E-state index contributed by atoms with van der Waals surface area (Å²) in [6.45, 7) is 0.665. The van der Waals surface area contributed by atoms with Crippen LogP contribution in [-0.2, 0) is 12.0 Å². The van der Waals surface area contributed by atoms with Crippen LogP contribution in [0, 0.1) is 0 Å². The van der Waals surface area contributed by atoms with Crippen molar-refractivity contribution < 1.29 is 4.74 Å². The highest BCUT2D eigenvalue weighted by Gasteiger charge is 2.34. The standard InChI is InChI=1S/C17H16N2OS/c18-17(9-10-20-14-7-3-1-5-12(14)17)11-16-19-13-6-2-4-8-15(13)21-16/h1-8H,9-11,18H2. The molecule has 21 heavy (non-hydrogen) atoms. The fourth-order valence-electron chi connectivity index (χ4n) is 2.93. The van der Waals surface area contributed by atoms with Crippen LogP contribution in [0.4, 0.5) is 0 Å². The van der Waals surface area contributed by atoms with Gasteiger partial charge in [-0.1, -0.05) is 30.3 Å². The third kappa shape index (κ3) is 2.20. The summed E-state index contributed by atoms with van der Waals surface area (Å²) in [5.74, 6) is 0.910. The van der Waals surface area contributed by atoms with Crippen LogP contribution in [0.25, 0.3) is 10.2 Å². The first-order chi connectivity index (χ1) is 10.2. The van der Waals surface area contributed by atoms with Gasteiger partial charge in [0, 0.05) is 18.4 Å². The number of fused-ring (bicyclic) bond motifs is 2. The van der Waals surface area contributed by atoms with Crippen LogP contribution in [0.2, 0.25) is 0 Å². The lowest BCUT2D eigenvalue weighted by Gasteiger charge is -2.35. The number of hydrogen-bond donors (Lipinski definition) is 1. The first-order valence-corrected chi connectivity index (χ1v) is 7.92. The lowest BCUT2D eigenvalue weighted by atomic mass is 9.83.